The van der Waals surface area contributed by atoms with E-state index >= 15 is 0 Å². The molecular weight excluding hydrogens is 310 g/mol. The normalized spacial score (nSPS) is 16.6. The smallest absolute Gasteiger partial charge is 0.221 e. The molecule has 1 saturated carbocycles. The maximum atomic E-state index is 12.2. The molecule has 0 saturated heterocycles. The Hall–Kier alpha value is -1.07. The van der Waals surface area contributed by atoms with E-state index in [0.717, 1.165) is 25.7 Å². The summed E-state index contributed by atoms with van der Waals surface area (Å²) >= 11 is 5.90. The number of hydrogen-bond acceptors (Lipinski definition) is 3. The molecule has 0 heterocycles. The van der Waals surface area contributed by atoms with E-state index in [1.807, 2.05) is 0 Å². The summed E-state index contributed by atoms with van der Waals surface area (Å²) in [4.78, 5) is 12.0. The van der Waals surface area contributed by atoms with Crippen LogP contribution < -0.4 is 5.32 Å². The summed E-state index contributed by atoms with van der Waals surface area (Å²) in [6, 6.07) is 6.51. The SMILES string of the molecule is O=C(CCS(=O)(=O)c1ccccc1Cl)NC1CCCCC1. The van der Waals surface area contributed by atoms with Crippen molar-refractivity contribution >= 4 is 27.3 Å². The molecule has 21 heavy (non-hydrogen) atoms. The topological polar surface area (TPSA) is 63.2 Å². The Kier molecular flexibility index (Phi) is 5.65. The average molecular weight is 330 g/mol. The molecule has 1 N–H and O–H groups in total. The number of carbonyl (C=O) groups is 1. The lowest BCUT2D eigenvalue weighted by Crippen LogP contribution is -2.36. The van der Waals surface area contributed by atoms with E-state index in [9.17, 15) is 13.2 Å². The van der Waals surface area contributed by atoms with Crippen molar-refractivity contribution in [2.24, 2.45) is 0 Å². The summed E-state index contributed by atoms with van der Waals surface area (Å²) in [6.07, 6.45) is 5.43. The molecule has 0 radical (unpaired) electrons. The molecule has 6 heteroatoms. The Morgan fingerprint density at radius 1 is 1.19 bits per heavy atom. The fourth-order valence-electron chi connectivity index (χ4n) is 2.58. The van der Waals surface area contributed by atoms with Crippen LogP contribution in [0.15, 0.2) is 29.2 Å². The quantitative estimate of drug-likeness (QED) is 0.903. The van der Waals surface area contributed by atoms with Crippen molar-refractivity contribution in [3.05, 3.63) is 29.3 Å². The van der Waals surface area contributed by atoms with Crippen LogP contribution in [0.25, 0.3) is 0 Å². The first-order valence-electron chi connectivity index (χ1n) is 7.26. The van der Waals surface area contributed by atoms with Gasteiger partial charge in [-0.2, -0.15) is 0 Å². The fourth-order valence-corrected chi connectivity index (χ4v) is 4.39. The molecule has 1 fully saturated rings. The van der Waals surface area contributed by atoms with Crippen molar-refractivity contribution in [2.45, 2.75) is 49.5 Å². The Labute approximate surface area is 130 Å². The summed E-state index contributed by atoms with van der Waals surface area (Å²) in [7, 11) is -3.52. The van der Waals surface area contributed by atoms with Crippen LogP contribution in [-0.4, -0.2) is 26.1 Å². The van der Waals surface area contributed by atoms with Gasteiger partial charge in [-0.25, -0.2) is 8.42 Å². The molecule has 116 valence electrons. The minimum absolute atomic E-state index is 0.0238. The Balaban J connectivity index is 1.89. The first kappa shape index (κ1) is 16.3. The molecular formula is C15H20ClNO3S. The largest absolute Gasteiger partial charge is 0.353 e. The third-order valence-corrected chi connectivity index (χ3v) is 5.95. The van der Waals surface area contributed by atoms with Crippen LogP contribution in [0.4, 0.5) is 0 Å². The Morgan fingerprint density at radius 3 is 2.52 bits per heavy atom. The van der Waals surface area contributed by atoms with Crippen molar-refractivity contribution in [2.75, 3.05) is 5.75 Å². The minimum Gasteiger partial charge on any atom is -0.353 e. The van der Waals surface area contributed by atoms with Crippen LogP contribution in [-0.2, 0) is 14.6 Å². The average Bonchev–Trinajstić information content (AvgIpc) is 2.47. The third-order valence-electron chi connectivity index (χ3n) is 3.74. The lowest BCUT2D eigenvalue weighted by atomic mass is 9.95. The van der Waals surface area contributed by atoms with E-state index in [0.29, 0.717) is 0 Å². The number of amides is 1. The summed E-state index contributed by atoms with van der Waals surface area (Å²) in [5.41, 5.74) is 0. The van der Waals surface area contributed by atoms with Gasteiger partial charge in [0, 0.05) is 12.5 Å². The second-order valence-electron chi connectivity index (χ2n) is 5.40. The molecule has 4 nitrogen and oxygen atoms in total. The van der Waals surface area contributed by atoms with Crippen molar-refractivity contribution < 1.29 is 13.2 Å². The van der Waals surface area contributed by atoms with E-state index in [2.05, 4.69) is 5.32 Å². The molecule has 1 aliphatic carbocycles. The zero-order chi connectivity index (χ0) is 15.3. The van der Waals surface area contributed by atoms with Gasteiger partial charge in [0.2, 0.25) is 5.91 Å². The van der Waals surface area contributed by atoms with Crippen LogP contribution in [0, 0.1) is 0 Å². The van der Waals surface area contributed by atoms with Gasteiger partial charge >= 0.3 is 0 Å². The fraction of sp³-hybridized carbons (Fsp3) is 0.533. The van der Waals surface area contributed by atoms with Crippen molar-refractivity contribution in [1.29, 1.82) is 0 Å². The third kappa shape index (κ3) is 4.71. The zero-order valence-electron chi connectivity index (χ0n) is 11.8. The second kappa shape index (κ2) is 7.27. The van der Waals surface area contributed by atoms with Gasteiger partial charge in [-0.3, -0.25) is 4.79 Å². The Bertz CT molecular complexity index is 595. The molecule has 0 spiro atoms. The second-order valence-corrected chi connectivity index (χ2v) is 7.89. The van der Waals surface area contributed by atoms with Crippen LogP contribution in [0.3, 0.4) is 0 Å². The molecule has 1 aromatic carbocycles. The van der Waals surface area contributed by atoms with Gasteiger partial charge in [-0.15, -0.1) is 0 Å². The zero-order valence-corrected chi connectivity index (χ0v) is 13.4. The number of halogens is 1. The maximum absolute atomic E-state index is 12.2. The minimum atomic E-state index is -3.52. The Morgan fingerprint density at radius 2 is 1.86 bits per heavy atom. The van der Waals surface area contributed by atoms with E-state index in [1.54, 1.807) is 12.1 Å². The molecule has 1 amide bonds. The lowest BCUT2D eigenvalue weighted by molar-refractivity contribution is -0.121. The number of nitrogens with one attached hydrogen (secondary N) is 1. The summed E-state index contributed by atoms with van der Waals surface area (Å²) in [5, 5.41) is 3.12. The summed E-state index contributed by atoms with van der Waals surface area (Å²) < 4.78 is 24.4. The standard InChI is InChI=1S/C15H20ClNO3S/c16-13-8-4-5-9-14(13)21(19,20)11-10-15(18)17-12-6-2-1-3-7-12/h4-5,8-9,12H,1-3,6-7,10-11H2,(H,17,18). The van der Waals surface area contributed by atoms with Gasteiger partial charge in [0.1, 0.15) is 0 Å². The van der Waals surface area contributed by atoms with Gasteiger partial charge in [0.05, 0.1) is 15.7 Å². The van der Waals surface area contributed by atoms with Crippen LogP contribution in [0.5, 0.6) is 0 Å². The molecule has 0 aromatic heterocycles. The van der Waals surface area contributed by atoms with E-state index in [-0.39, 0.29) is 34.0 Å². The predicted molar refractivity (Wildman–Crippen MR) is 83.1 cm³/mol. The summed E-state index contributed by atoms with van der Waals surface area (Å²) in [5.74, 6) is -0.410. The first-order valence-corrected chi connectivity index (χ1v) is 9.29. The summed E-state index contributed by atoms with van der Waals surface area (Å²) in [6.45, 7) is 0. The van der Waals surface area contributed by atoms with Crippen molar-refractivity contribution in [3.8, 4) is 0 Å². The first-order chi connectivity index (χ1) is 9.99. The van der Waals surface area contributed by atoms with Crippen LogP contribution >= 0.6 is 11.6 Å². The number of hydrogen-bond donors (Lipinski definition) is 1. The monoisotopic (exact) mass is 329 g/mol. The number of rotatable bonds is 5. The van der Waals surface area contributed by atoms with Gasteiger partial charge in [-0.1, -0.05) is 43.0 Å². The van der Waals surface area contributed by atoms with Gasteiger partial charge in [0.25, 0.3) is 0 Å². The predicted octanol–water partition coefficient (Wildman–Crippen LogP) is 2.95. The van der Waals surface area contributed by atoms with Crippen LogP contribution in [0.1, 0.15) is 38.5 Å². The highest BCUT2D eigenvalue weighted by molar-refractivity contribution is 7.91. The van der Waals surface area contributed by atoms with E-state index in [1.165, 1.54) is 18.6 Å². The number of sulfone groups is 1. The maximum Gasteiger partial charge on any atom is 0.221 e. The highest BCUT2D eigenvalue weighted by atomic mass is 35.5. The van der Waals surface area contributed by atoms with Gasteiger partial charge in [-0.05, 0) is 25.0 Å². The van der Waals surface area contributed by atoms with E-state index in [4.69, 9.17) is 11.6 Å². The van der Waals surface area contributed by atoms with Crippen molar-refractivity contribution in [1.82, 2.24) is 5.32 Å². The molecule has 0 aliphatic heterocycles. The van der Waals surface area contributed by atoms with Crippen LogP contribution in [0.2, 0.25) is 5.02 Å². The highest BCUT2D eigenvalue weighted by Crippen LogP contribution is 2.22. The van der Waals surface area contributed by atoms with Gasteiger partial charge < -0.3 is 5.32 Å². The van der Waals surface area contributed by atoms with Crippen molar-refractivity contribution in [3.63, 3.8) is 0 Å². The lowest BCUT2D eigenvalue weighted by Gasteiger charge is -2.22. The molecule has 0 unspecified atom stereocenters. The molecule has 0 atom stereocenters. The molecule has 2 rings (SSSR count). The molecule has 1 aromatic rings. The van der Waals surface area contributed by atoms with E-state index < -0.39 is 9.84 Å². The van der Waals surface area contributed by atoms with Gasteiger partial charge in [0.15, 0.2) is 9.84 Å². The number of carbonyl (C=O) groups excluding carboxylic acids is 1. The molecule has 1 aliphatic rings. The highest BCUT2D eigenvalue weighted by Gasteiger charge is 2.21. The number of benzene rings is 1. The molecule has 0 bridgehead atoms.